The van der Waals surface area contributed by atoms with Crippen LogP contribution in [0.4, 0.5) is 0 Å². The van der Waals surface area contributed by atoms with Crippen molar-refractivity contribution in [2.75, 3.05) is 26.3 Å². The normalized spacial score (nSPS) is 19.9. The summed E-state index contributed by atoms with van der Waals surface area (Å²) in [5, 5.41) is 12.2. The van der Waals surface area contributed by atoms with Crippen LogP contribution in [0.25, 0.3) is 0 Å². The van der Waals surface area contributed by atoms with Crippen LogP contribution in [0.2, 0.25) is 0 Å². The van der Waals surface area contributed by atoms with Crippen LogP contribution in [-0.4, -0.2) is 26.3 Å². The van der Waals surface area contributed by atoms with E-state index in [-0.39, 0.29) is 5.41 Å². The molecule has 0 atom stereocenters. The minimum Gasteiger partial charge on any atom is -0.381 e. The molecular weight excluding hydrogens is 212 g/mol. The van der Waals surface area contributed by atoms with Gasteiger partial charge in [-0.15, -0.1) is 0 Å². The van der Waals surface area contributed by atoms with E-state index in [2.05, 4.69) is 32.2 Å². The zero-order valence-corrected chi connectivity index (χ0v) is 11.5. The van der Waals surface area contributed by atoms with Gasteiger partial charge in [0, 0.05) is 32.7 Å². The van der Waals surface area contributed by atoms with Gasteiger partial charge in [0.1, 0.15) is 0 Å². The molecule has 1 aliphatic heterocycles. The van der Waals surface area contributed by atoms with E-state index in [1.165, 1.54) is 0 Å². The highest BCUT2D eigenvalue weighted by atomic mass is 16.5. The molecule has 0 unspecified atom stereocenters. The predicted octanol–water partition coefficient (Wildman–Crippen LogP) is 2.72. The lowest BCUT2D eigenvalue weighted by molar-refractivity contribution is 0.0231. The first-order valence-corrected chi connectivity index (χ1v) is 6.63. The van der Waals surface area contributed by atoms with Gasteiger partial charge in [-0.2, -0.15) is 5.26 Å². The summed E-state index contributed by atoms with van der Waals surface area (Å²) in [6.45, 7) is 10.6. The van der Waals surface area contributed by atoms with Crippen molar-refractivity contribution in [1.82, 2.24) is 5.32 Å². The van der Waals surface area contributed by atoms with Gasteiger partial charge in [-0.1, -0.05) is 20.8 Å². The van der Waals surface area contributed by atoms with Crippen molar-refractivity contribution in [2.24, 2.45) is 10.8 Å². The Kier molecular flexibility index (Phi) is 5.42. The number of rotatable bonds is 6. The molecule has 0 saturated carbocycles. The molecule has 1 aliphatic rings. The highest BCUT2D eigenvalue weighted by Crippen LogP contribution is 2.29. The maximum Gasteiger partial charge on any atom is 0.0621 e. The zero-order valence-electron chi connectivity index (χ0n) is 11.5. The van der Waals surface area contributed by atoms with Gasteiger partial charge in [-0.3, -0.25) is 0 Å². The molecule has 0 aliphatic carbocycles. The standard InChI is InChI=1S/C14H26N2O/c1-13(2,5-4-8-15)11-16-12-14(3)6-9-17-10-7-14/h16H,4-7,9-12H2,1-3H3. The topological polar surface area (TPSA) is 45.0 Å². The van der Waals surface area contributed by atoms with E-state index in [1.807, 2.05) is 0 Å². The number of nitriles is 1. The molecule has 98 valence electrons. The molecule has 1 rings (SSSR count). The Morgan fingerprint density at radius 1 is 1.35 bits per heavy atom. The van der Waals surface area contributed by atoms with Crippen LogP contribution in [-0.2, 0) is 4.74 Å². The second kappa shape index (κ2) is 6.37. The van der Waals surface area contributed by atoms with E-state index in [0.29, 0.717) is 11.8 Å². The lowest BCUT2D eigenvalue weighted by atomic mass is 9.81. The first kappa shape index (κ1) is 14.5. The van der Waals surface area contributed by atoms with Crippen molar-refractivity contribution in [3.63, 3.8) is 0 Å². The molecule has 17 heavy (non-hydrogen) atoms. The van der Waals surface area contributed by atoms with Crippen LogP contribution >= 0.6 is 0 Å². The quantitative estimate of drug-likeness (QED) is 0.774. The first-order chi connectivity index (χ1) is 7.97. The van der Waals surface area contributed by atoms with Crippen LogP contribution < -0.4 is 5.32 Å². The average molecular weight is 238 g/mol. The molecular formula is C14H26N2O. The van der Waals surface area contributed by atoms with Crippen LogP contribution in [0, 0.1) is 22.2 Å². The molecule has 3 nitrogen and oxygen atoms in total. The summed E-state index contributed by atoms with van der Waals surface area (Å²) in [6.07, 6.45) is 3.92. The summed E-state index contributed by atoms with van der Waals surface area (Å²) in [6, 6.07) is 2.23. The molecule has 1 N–H and O–H groups in total. The van der Waals surface area contributed by atoms with Crippen molar-refractivity contribution in [3.8, 4) is 6.07 Å². The van der Waals surface area contributed by atoms with E-state index in [1.54, 1.807) is 0 Å². The van der Waals surface area contributed by atoms with Gasteiger partial charge in [0.2, 0.25) is 0 Å². The number of ether oxygens (including phenoxy) is 1. The highest BCUT2D eigenvalue weighted by Gasteiger charge is 2.27. The van der Waals surface area contributed by atoms with E-state index in [0.717, 1.165) is 45.6 Å². The first-order valence-electron chi connectivity index (χ1n) is 6.63. The third-order valence-corrected chi connectivity index (χ3v) is 3.77. The molecule has 0 amide bonds. The van der Waals surface area contributed by atoms with Crippen molar-refractivity contribution >= 4 is 0 Å². The summed E-state index contributed by atoms with van der Waals surface area (Å²) < 4.78 is 5.40. The van der Waals surface area contributed by atoms with Gasteiger partial charge < -0.3 is 10.1 Å². The fourth-order valence-corrected chi connectivity index (χ4v) is 2.23. The summed E-state index contributed by atoms with van der Waals surface area (Å²) in [5.74, 6) is 0. The number of hydrogen-bond acceptors (Lipinski definition) is 3. The average Bonchev–Trinajstić information content (AvgIpc) is 2.27. The predicted molar refractivity (Wildman–Crippen MR) is 69.7 cm³/mol. The summed E-state index contributed by atoms with van der Waals surface area (Å²) in [4.78, 5) is 0. The van der Waals surface area contributed by atoms with Crippen molar-refractivity contribution in [1.29, 1.82) is 5.26 Å². The van der Waals surface area contributed by atoms with Crippen LogP contribution in [0.5, 0.6) is 0 Å². The van der Waals surface area contributed by atoms with E-state index >= 15 is 0 Å². The summed E-state index contributed by atoms with van der Waals surface area (Å²) >= 11 is 0. The van der Waals surface area contributed by atoms with Crippen molar-refractivity contribution in [2.45, 2.75) is 46.5 Å². The summed E-state index contributed by atoms with van der Waals surface area (Å²) in [7, 11) is 0. The molecule has 1 fully saturated rings. The lowest BCUT2D eigenvalue weighted by Gasteiger charge is -2.35. The molecule has 0 aromatic carbocycles. The molecule has 1 saturated heterocycles. The second-order valence-electron chi connectivity index (χ2n) is 6.35. The number of nitrogens with one attached hydrogen (secondary N) is 1. The zero-order chi connectivity index (χ0) is 12.8. The highest BCUT2D eigenvalue weighted by molar-refractivity contribution is 4.83. The summed E-state index contributed by atoms with van der Waals surface area (Å²) in [5.41, 5.74) is 0.612. The van der Waals surface area contributed by atoms with Gasteiger partial charge in [0.25, 0.3) is 0 Å². The molecule has 0 spiro atoms. The Morgan fingerprint density at radius 2 is 2.00 bits per heavy atom. The fourth-order valence-electron chi connectivity index (χ4n) is 2.23. The van der Waals surface area contributed by atoms with Gasteiger partial charge in [-0.25, -0.2) is 0 Å². The third kappa shape index (κ3) is 5.52. The molecule has 0 aromatic heterocycles. The number of hydrogen-bond donors (Lipinski definition) is 1. The van der Waals surface area contributed by atoms with E-state index in [9.17, 15) is 0 Å². The molecule has 0 bridgehead atoms. The third-order valence-electron chi connectivity index (χ3n) is 3.77. The Hall–Kier alpha value is -0.590. The second-order valence-corrected chi connectivity index (χ2v) is 6.35. The Labute approximate surface area is 106 Å². The molecule has 1 heterocycles. The lowest BCUT2D eigenvalue weighted by Crippen LogP contribution is -2.40. The van der Waals surface area contributed by atoms with Gasteiger partial charge >= 0.3 is 0 Å². The van der Waals surface area contributed by atoms with Crippen LogP contribution in [0.1, 0.15) is 46.5 Å². The largest absolute Gasteiger partial charge is 0.381 e. The molecule has 3 heteroatoms. The van der Waals surface area contributed by atoms with Gasteiger partial charge in [0.15, 0.2) is 0 Å². The molecule has 0 aromatic rings. The maximum absolute atomic E-state index is 8.62. The maximum atomic E-state index is 8.62. The number of nitrogens with zero attached hydrogens (tertiary/aromatic N) is 1. The Bertz CT molecular complexity index is 262. The SMILES string of the molecule is CC(C)(CCC#N)CNCC1(C)CCOCC1. The Morgan fingerprint density at radius 3 is 2.59 bits per heavy atom. The fraction of sp³-hybridized carbons (Fsp3) is 0.929. The Balaban J connectivity index is 2.24. The van der Waals surface area contributed by atoms with Crippen LogP contribution in [0.3, 0.4) is 0 Å². The van der Waals surface area contributed by atoms with Crippen molar-refractivity contribution < 1.29 is 4.74 Å². The van der Waals surface area contributed by atoms with E-state index in [4.69, 9.17) is 10.00 Å². The van der Waals surface area contributed by atoms with Gasteiger partial charge in [0.05, 0.1) is 6.07 Å². The molecule has 0 radical (unpaired) electrons. The minimum absolute atomic E-state index is 0.220. The minimum atomic E-state index is 0.220. The van der Waals surface area contributed by atoms with E-state index < -0.39 is 0 Å². The smallest absolute Gasteiger partial charge is 0.0621 e. The van der Waals surface area contributed by atoms with Crippen LogP contribution in [0.15, 0.2) is 0 Å². The van der Waals surface area contributed by atoms with Gasteiger partial charge in [-0.05, 0) is 30.1 Å². The van der Waals surface area contributed by atoms with Crippen molar-refractivity contribution in [3.05, 3.63) is 0 Å². The monoisotopic (exact) mass is 238 g/mol.